The van der Waals surface area contributed by atoms with E-state index in [4.69, 9.17) is 4.18 Å². The predicted octanol–water partition coefficient (Wildman–Crippen LogP) is 3.34. The first-order chi connectivity index (χ1) is 7.45. The maximum absolute atomic E-state index is 11.8. The Hall–Kier alpha value is -0.390. The highest BCUT2D eigenvalue weighted by Crippen LogP contribution is 2.18. The van der Waals surface area contributed by atoms with Gasteiger partial charge in [-0.25, -0.2) is 0 Å². The summed E-state index contributed by atoms with van der Waals surface area (Å²) >= 11 is 3.25. The van der Waals surface area contributed by atoms with E-state index in [0.717, 1.165) is 17.3 Å². The van der Waals surface area contributed by atoms with E-state index in [1.54, 1.807) is 19.1 Å². The van der Waals surface area contributed by atoms with Crippen molar-refractivity contribution in [2.24, 2.45) is 0 Å². The molecule has 0 aromatic heterocycles. The number of rotatable bonds is 5. The Morgan fingerprint density at radius 1 is 1.31 bits per heavy atom. The molecule has 3 nitrogen and oxygen atoms in total. The number of hydrogen-bond acceptors (Lipinski definition) is 3. The Balaban J connectivity index is 2.82. The molecule has 0 N–H and O–H groups in total. The van der Waals surface area contributed by atoms with Gasteiger partial charge in [0.15, 0.2) is 0 Å². The Bertz CT molecular complexity index is 425. The molecule has 0 saturated carbocycles. The number of hydrogen-bond donors (Lipinski definition) is 0. The summed E-state index contributed by atoms with van der Waals surface area (Å²) in [4.78, 5) is 0.193. The second kappa shape index (κ2) is 5.80. The van der Waals surface area contributed by atoms with Gasteiger partial charge in [0, 0.05) is 4.47 Å². The van der Waals surface area contributed by atoms with E-state index in [2.05, 4.69) is 15.9 Å². The van der Waals surface area contributed by atoms with Crippen LogP contribution in [0.3, 0.4) is 0 Å². The molecule has 0 aliphatic rings. The van der Waals surface area contributed by atoms with E-state index < -0.39 is 10.1 Å². The molecule has 0 fully saturated rings. The highest BCUT2D eigenvalue weighted by molar-refractivity contribution is 9.10. The zero-order chi connectivity index (χ0) is 12.2. The van der Waals surface area contributed by atoms with Crippen molar-refractivity contribution in [1.82, 2.24) is 0 Å². The van der Waals surface area contributed by atoms with Gasteiger partial charge in [0.05, 0.1) is 11.0 Å². The van der Waals surface area contributed by atoms with Gasteiger partial charge in [0.2, 0.25) is 0 Å². The van der Waals surface area contributed by atoms with E-state index >= 15 is 0 Å². The molecular formula is C11H15BrO3S. The van der Waals surface area contributed by atoms with Crippen LogP contribution in [0.2, 0.25) is 0 Å². The second-order valence-electron chi connectivity index (χ2n) is 3.60. The lowest BCUT2D eigenvalue weighted by molar-refractivity contribution is 0.217. The summed E-state index contributed by atoms with van der Waals surface area (Å²) in [7, 11) is -3.62. The molecule has 0 aliphatic carbocycles. The van der Waals surface area contributed by atoms with Gasteiger partial charge in [-0.05, 0) is 37.6 Å². The van der Waals surface area contributed by atoms with Crippen molar-refractivity contribution < 1.29 is 12.6 Å². The molecule has 0 aliphatic heterocycles. The molecule has 16 heavy (non-hydrogen) atoms. The van der Waals surface area contributed by atoms with Crippen molar-refractivity contribution in [1.29, 1.82) is 0 Å². The highest BCUT2D eigenvalue weighted by Gasteiger charge is 2.18. The lowest BCUT2D eigenvalue weighted by atomic mass is 10.2. The minimum atomic E-state index is -3.62. The maximum Gasteiger partial charge on any atom is 0.297 e. The topological polar surface area (TPSA) is 43.4 Å². The van der Waals surface area contributed by atoms with Gasteiger partial charge in [0.1, 0.15) is 0 Å². The fraction of sp³-hybridized carbons (Fsp3) is 0.455. The smallest absolute Gasteiger partial charge is 0.263 e. The summed E-state index contributed by atoms with van der Waals surface area (Å²) < 4.78 is 29.5. The van der Waals surface area contributed by atoms with Crippen molar-refractivity contribution in [3.8, 4) is 0 Å². The van der Waals surface area contributed by atoms with Crippen molar-refractivity contribution in [2.75, 3.05) is 0 Å². The van der Waals surface area contributed by atoms with Gasteiger partial charge >= 0.3 is 0 Å². The lowest BCUT2D eigenvalue weighted by Crippen LogP contribution is -2.15. The standard InChI is InChI=1S/C11H15BrO3S/c1-3-4-9(2)15-16(13,14)11-7-5-10(12)6-8-11/h5-9H,3-4H2,1-2H3. The van der Waals surface area contributed by atoms with E-state index in [1.807, 2.05) is 6.92 Å². The van der Waals surface area contributed by atoms with Crippen LogP contribution in [0.1, 0.15) is 26.7 Å². The van der Waals surface area contributed by atoms with Crippen molar-refractivity contribution >= 4 is 26.0 Å². The lowest BCUT2D eigenvalue weighted by Gasteiger charge is -2.11. The Kier molecular flexibility index (Phi) is 4.95. The first-order valence-electron chi connectivity index (χ1n) is 5.14. The molecular weight excluding hydrogens is 292 g/mol. The van der Waals surface area contributed by atoms with Gasteiger partial charge in [-0.3, -0.25) is 4.18 Å². The number of halogens is 1. The van der Waals surface area contributed by atoms with Crippen LogP contribution >= 0.6 is 15.9 Å². The van der Waals surface area contributed by atoms with E-state index in [1.165, 1.54) is 12.1 Å². The summed E-state index contributed by atoms with van der Waals surface area (Å²) in [6.07, 6.45) is 1.35. The van der Waals surface area contributed by atoms with Crippen LogP contribution in [0.4, 0.5) is 0 Å². The molecule has 0 saturated heterocycles. The van der Waals surface area contributed by atoms with Gasteiger partial charge in [0.25, 0.3) is 10.1 Å². The normalized spacial score (nSPS) is 13.7. The van der Waals surface area contributed by atoms with Crippen molar-refractivity contribution in [2.45, 2.75) is 37.7 Å². The summed E-state index contributed by atoms with van der Waals surface area (Å²) in [5, 5.41) is 0. The van der Waals surface area contributed by atoms with Crippen LogP contribution in [-0.4, -0.2) is 14.5 Å². The SMILES string of the molecule is CCCC(C)OS(=O)(=O)c1ccc(Br)cc1. The molecule has 5 heteroatoms. The van der Waals surface area contributed by atoms with Crippen LogP contribution < -0.4 is 0 Å². The summed E-state index contributed by atoms with van der Waals surface area (Å²) in [6.45, 7) is 3.76. The summed E-state index contributed by atoms with van der Waals surface area (Å²) in [5.41, 5.74) is 0. The largest absolute Gasteiger partial charge is 0.297 e. The fourth-order valence-electron chi connectivity index (χ4n) is 1.33. The molecule has 0 spiro atoms. The quantitative estimate of drug-likeness (QED) is 0.784. The van der Waals surface area contributed by atoms with Crippen LogP contribution in [0.5, 0.6) is 0 Å². The fourth-order valence-corrected chi connectivity index (χ4v) is 2.70. The van der Waals surface area contributed by atoms with Crippen LogP contribution in [0, 0.1) is 0 Å². The third-order valence-electron chi connectivity index (χ3n) is 2.09. The molecule has 0 radical (unpaired) electrons. The zero-order valence-electron chi connectivity index (χ0n) is 9.31. The van der Waals surface area contributed by atoms with Gasteiger partial charge in [-0.2, -0.15) is 8.42 Å². The molecule has 1 aromatic carbocycles. The predicted molar refractivity (Wildman–Crippen MR) is 66.8 cm³/mol. The molecule has 0 bridgehead atoms. The van der Waals surface area contributed by atoms with E-state index in [-0.39, 0.29) is 11.0 Å². The minimum Gasteiger partial charge on any atom is -0.263 e. The monoisotopic (exact) mass is 306 g/mol. The van der Waals surface area contributed by atoms with Crippen molar-refractivity contribution in [3.63, 3.8) is 0 Å². The maximum atomic E-state index is 11.8. The molecule has 1 rings (SSSR count). The van der Waals surface area contributed by atoms with Crippen molar-refractivity contribution in [3.05, 3.63) is 28.7 Å². The van der Waals surface area contributed by atoms with Gasteiger partial charge in [-0.1, -0.05) is 29.3 Å². The average molecular weight is 307 g/mol. The molecule has 90 valence electrons. The Morgan fingerprint density at radius 2 is 1.88 bits per heavy atom. The second-order valence-corrected chi connectivity index (χ2v) is 6.09. The minimum absolute atomic E-state index is 0.193. The third-order valence-corrected chi connectivity index (χ3v) is 4.05. The third kappa shape index (κ3) is 3.88. The van der Waals surface area contributed by atoms with Gasteiger partial charge < -0.3 is 0 Å². The zero-order valence-corrected chi connectivity index (χ0v) is 11.7. The first kappa shape index (κ1) is 13.7. The summed E-state index contributed by atoms with van der Waals surface area (Å²) in [5.74, 6) is 0. The van der Waals surface area contributed by atoms with E-state index in [9.17, 15) is 8.42 Å². The Morgan fingerprint density at radius 3 is 2.38 bits per heavy atom. The van der Waals surface area contributed by atoms with Gasteiger partial charge in [-0.15, -0.1) is 0 Å². The highest BCUT2D eigenvalue weighted by atomic mass is 79.9. The molecule has 0 amide bonds. The first-order valence-corrected chi connectivity index (χ1v) is 7.34. The van der Waals surface area contributed by atoms with Crippen LogP contribution in [-0.2, 0) is 14.3 Å². The van der Waals surface area contributed by atoms with E-state index in [0.29, 0.717) is 0 Å². The molecule has 1 atom stereocenters. The molecule has 1 aromatic rings. The number of benzene rings is 1. The van der Waals surface area contributed by atoms with Crippen LogP contribution in [0.25, 0.3) is 0 Å². The Labute approximate surface area is 105 Å². The molecule has 1 unspecified atom stereocenters. The molecule has 0 heterocycles. The summed E-state index contributed by atoms with van der Waals surface area (Å²) in [6, 6.07) is 6.41. The average Bonchev–Trinajstić information content (AvgIpc) is 2.17. The van der Waals surface area contributed by atoms with Crippen LogP contribution in [0.15, 0.2) is 33.6 Å².